The van der Waals surface area contributed by atoms with Gasteiger partial charge in [0.05, 0.1) is 14.9 Å². The highest BCUT2D eigenvalue weighted by Crippen LogP contribution is 2.23. The van der Waals surface area contributed by atoms with Crippen molar-refractivity contribution in [3.8, 4) is 5.75 Å². The van der Waals surface area contributed by atoms with Crippen LogP contribution in [-0.4, -0.2) is 33.5 Å². The zero-order valence-electron chi connectivity index (χ0n) is 20.1. The number of pyridine rings is 1. The lowest BCUT2D eigenvalue weighted by molar-refractivity contribution is -0.137. The van der Waals surface area contributed by atoms with Gasteiger partial charge >= 0.3 is 5.97 Å². The molecule has 0 saturated carbocycles. The molecule has 0 spiro atoms. The molecule has 7 heteroatoms. The number of carbonyl (C=O) groups excluding carboxylic acids is 1. The molecule has 3 rings (SSSR count). The summed E-state index contributed by atoms with van der Waals surface area (Å²) in [6.07, 6.45) is 2.99. The second kappa shape index (κ2) is 12.3. The summed E-state index contributed by atoms with van der Waals surface area (Å²) < 4.78 is 37.1. The van der Waals surface area contributed by atoms with Crippen molar-refractivity contribution in [2.75, 3.05) is 6.61 Å². The zero-order chi connectivity index (χ0) is 25.3. The lowest BCUT2D eigenvalue weighted by Gasteiger charge is -2.24. The van der Waals surface area contributed by atoms with Gasteiger partial charge in [-0.25, -0.2) is 4.98 Å². The first kappa shape index (κ1) is 21.1. The minimum Gasteiger partial charge on any atom is -0.493 e. The summed E-state index contributed by atoms with van der Waals surface area (Å²) in [4.78, 5) is 28.7. The van der Waals surface area contributed by atoms with Crippen LogP contribution in [0.3, 0.4) is 0 Å². The fourth-order valence-electron chi connectivity index (χ4n) is 3.15. The number of aliphatic carboxylic acids is 1. The second-order valence-corrected chi connectivity index (χ2v) is 7.41. The van der Waals surface area contributed by atoms with Crippen LogP contribution < -0.4 is 4.74 Å². The molecule has 0 atom stereocenters. The van der Waals surface area contributed by atoms with E-state index in [1.54, 1.807) is 48.5 Å². The summed E-state index contributed by atoms with van der Waals surface area (Å²) in [5.74, 6) is -1.93. The monoisotopic (exact) mass is 452 g/mol. The quantitative estimate of drug-likeness (QED) is 0.306. The first-order valence-corrected chi connectivity index (χ1v) is 10.7. The summed E-state index contributed by atoms with van der Waals surface area (Å²) in [5, 5.41) is 8.74. The molecule has 172 valence electrons. The molecular formula is C26H27FN2O4. The molecular weight excluding hydrogens is 423 g/mol. The number of unbranched alkanes of at least 4 members (excludes halogenated alkanes) is 2. The number of nitrogens with zero attached hydrogens (tertiary/aromatic N) is 2. The van der Waals surface area contributed by atoms with Crippen molar-refractivity contribution in [1.29, 1.82) is 0 Å². The van der Waals surface area contributed by atoms with Gasteiger partial charge in [-0.05, 0) is 43.0 Å². The lowest BCUT2D eigenvalue weighted by Crippen LogP contribution is -2.30. The molecule has 33 heavy (non-hydrogen) atoms. The molecule has 0 saturated heterocycles. The average molecular weight is 453 g/mol. The van der Waals surface area contributed by atoms with Gasteiger partial charge in [0.2, 0.25) is 5.95 Å². The fraction of sp³-hybridized carbons (Fsp3) is 0.269. The molecule has 3 aromatic rings. The predicted octanol–water partition coefficient (Wildman–Crippen LogP) is 5.09. The number of benzene rings is 2. The number of halogens is 1. The second-order valence-electron chi connectivity index (χ2n) is 7.41. The maximum absolute atomic E-state index is 13.4. The normalized spacial score (nSPS) is 11.9. The number of rotatable bonds is 12. The van der Waals surface area contributed by atoms with Crippen molar-refractivity contribution < 1.29 is 26.6 Å². The van der Waals surface area contributed by atoms with E-state index >= 15 is 0 Å². The van der Waals surface area contributed by atoms with E-state index in [4.69, 9.17) is 12.6 Å². The van der Waals surface area contributed by atoms with E-state index < -0.39 is 24.3 Å². The Morgan fingerprint density at radius 1 is 1.00 bits per heavy atom. The summed E-state index contributed by atoms with van der Waals surface area (Å²) in [7, 11) is 0. The van der Waals surface area contributed by atoms with E-state index in [0.29, 0.717) is 25.0 Å². The van der Waals surface area contributed by atoms with E-state index in [2.05, 4.69) is 4.98 Å². The molecule has 0 bridgehead atoms. The van der Waals surface area contributed by atoms with Crippen molar-refractivity contribution in [3.63, 3.8) is 0 Å². The van der Waals surface area contributed by atoms with Gasteiger partial charge in [-0.2, -0.15) is 4.39 Å². The molecule has 0 aliphatic rings. The Bertz CT molecular complexity index is 1130. The summed E-state index contributed by atoms with van der Waals surface area (Å²) in [6.45, 7) is -2.03. The third kappa shape index (κ3) is 7.71. The van der Waals surface area contributed by atoms with E-state index in [9.17, 15) is 14.0 Å². The lowest BCUT2D eigenvalue weighted by atomic mass is 10.1. The van der Waals surface area contributed by atoms with Crippen LogP contribution in [0.2, 0.25) is 0 Å². The maximum Gasteiger partial charge on any atom is 0.303 e. The minimum atomic E-state index is -2.28. The Morgan fingerprint density at radius 2 is 1.76 bits per heavy atom. The Kier molecular flexibility index (Phi) is 7.90. The number of hydrogen-bond acceptors (Lipinski definition) is 4. The van der Waals surface area contributed by atoms with Gasteiger partial charge in [-0.1, -0.05) is 48.5 Å². The highest BCUT2D eigenvalue weighted by molar-refractivity contribution is 5.93. The molecule has 1 aromatic heterocycles. The Morgan fingerprint density at radius 3 is 2.48 bits per heavy atom. The first-order chi connectivity index (χ1) is 16.8. The molecule has 0 aliphatic carbocycles. The van der Waals surface area contributed by atoms with Gasteiger partial charge in [0, 0.05) is 31.2 Å². The van der Waals surface area contributed by atoms with Crippen LogP contribution in [-0.2, 0) is 17.8 Å². The molecule has 1 N–H and O–H groups in total. The first-order valence-electron chi connectivity index (χ1n) is 11.7. The van der Waals surface area contributed by atoms with Gasteiger partial charge in [-0.15, -0.1) is 0 Å². The van der Waals surface area contributed by atoms with Gasteiger partial charge in [0.1, 0.15) is 5.75 Å². The number of aromatic nitrogens is 1. The van der Waals surface area contributed by atoms with Crippen molar-refractivity contribution in [1.82, 2.24) is 9.88 Å². The van der Waals surface area contributed by atoms with Crippen molar-refractivity contribution >= 4 is 11.9 Å². The Balaban J connectivity index is 1.86. The number of para-hydroxylation sites is 1. The zero-order valence-corrected chi connectivity index (χ0v) is 18.1. The topological polar surface area (TPSA) is 79.7 Å². The molecule has 0 fully saturated rings. The number of hydrogen-bond donors (Lipinski definition) is 1. The summed E-state index contributed by atoms with van der Waals surface area (Å²) in [5.41, 5.74) is 0.949. The van der Waals surface area contributed by atoms with Gasteiger partial charge in [0.15, 0.2) is 0 Å². The summed E-state index contributed by atoms with van der Waals surface area (Å²) in [6, 6.07) is 17.9. The fourth-order valence-corrected chi connectivity index (χ4v) is 3.15. The Labute approximate surface area is 195 Å². The third-order valence-corrected chi connectivity index (χ3v) is 4.84. The number of carboxylic acid groups (broad SMARTS) is 1. The predicted molar refractivity (Wildman–Crippen MR) is 122 cm³/mol. The molecule has 1 amide bonds. The number of ether oxygens (including phenoxy) is 1. The molecule has 0 unspecified atom stereocenters. The van der Waals surface area contributed by atoms with E-state index in [1.165, 1.54) is 6.07 Å². The molecule has 0 aliphatic heterocycles. The van der Waals surface area contributed by atoms with E-state index in [0.717, 1.165) is 22.7 Å². The van der Waals surface area contributed by atoms with Gasteiger partial charge in [-0.3, -0.25) is 9.59 Å². The minimum absolute atomic E-state index is 0.0342. The van der Waals surface area contributed by atoms with Crippen LogP contribution in [0.4, 0.5) is 4.39 Å². The van der Waals surface area contributed by atoms with Gasteiger partial charge in [0.25, 0.3) is 5.91 Å². The van der Waals surface area contributed by atoms with Crippen LogP contribution in [0.1, 0.15) is 49.9 Å². The van der Waals surface area contributed by atoms with Crippen LogP contribution >= 0.6 is 0 Å². The largest absolute Gasteiger partial charge is 0.493 e. The number of carbonyl (C=O) groups is 2. The highest BCUT2D eigenvalue weighted by Gasteiger charge is 2.19. The maximum atomic E-state index is 13.4. The van der Waals surface area contributed by atoms with Crippen LogP contribution in [0.15, 0.2) is 72.9 Å². The van der Waals surface area contributed by atoms with Crippen LogP contribution in [0, 0.1) is 5.95 Å². The molecule has 2 aromatic carbocycles. The van der Waals surface area contributed by atoms with E-state index in [1.807, 2.05) is 6.07 Å². The summed E-state index contributed by atoms with van der Waals surface area (Å²) >= 11 is 0. The van der Waals surface area contributed by atoms with E-state index in [-0.39, 0.29) is 30.7 Å². The standard InChI is InChI=1S/C26H27FN2O4/c27-24-15-14-21(17-28-24)26(32)29(18-20-9-3-1-4-10-20)19-22-11-6-7-12-23(22)33-16-8-2-5-13-25(30)31/h1,3-4,6-7,9-12,14-15,17H,2,5,8,13,16,18-19H2,(H,30,31)/i19D2. The van der Waals surface area contributed by atoms with Crippen molar-refractivity contribution in [3.05, 3.63) is 95.6 Å². The van der Waals surface area contributed by atoms with Crippen molar-refractivity contribution in [2.24, 2.45) is 0 Å². The van der Waals surface area contributed by atoms with Crippen LogP contribution in [0.25, 0.3) is 0 Å². The molecule has 1 heterocycles. The average Bonchev–Trinajstić information content (AvgIpc) is 2.85. The van der Waals surface area contributed by atoms with Crippen LogP contribution in [0.5, 0.6) is 5.75 Å². The molecule has 0 radical (unpaired) electrons. The number of carboxylic acids is 1. The highest BCUT2D eigenvalue weighted by atomic mass is 19.1. The third-order valence-electron chi connectivity index (χ3n) is 4.84. The van der Waals surface area contributed by atoms with Gasteiger partial charge < -0.3 is 14.7 Å². The SMILES string of the molecule is [2H]C([2H])(c1ccccc1OCCCCCC(=O)O)N(Cc1ccccc1)C(=O)c1ccc(F)nc1. The Hall–Kier alpha value is -3.74. The molecule has 6 nitrogen and oxygen atoms in total. The smallest absolute Gasteiger partial charge is 0.303 e. The van der Waals surface area contributed by atoms with Crippen molar-refractivity contribution in [2.45, 2.75) is 38.7 Å². The number of amides is 1.